The Morgan fingerprint density at radius 2 is 1.21 bits per heavy atom. The van der Waals surface area contributed by atoms with Crippen molar-refractivity contribution in [2.45, 2.75) is 90.8 Å². The molecule has 138 valence electrons. The van der Waals surface area contributed by atoms with Crippen LogP contribution in [0.2, 0.25) is 19.6 Å². The van der Waals surface area contributed by atoms with Crippen molar-refractivity contribution in [2.24, 2.45) is 0 Å². The highest BCUT2D eigenvalue weighted by atomic mass is 32.2. The van der Waals surface area contributed by atoms with Crippen LogP contribution in [0.5, 0.6) is 0 Å². The smallest absolute Gasteiger partial charge is 0.0775 e. The van der Waals surface area contributed by atoms with Gasteiger partial charge < -0.3 is 0 Å². The molecule has 0 aromatic heterocycles. The molecule has 0 radical (unpaired) electrons. The quantitative estimate of drug-likeness (QED) is 0.252. The van der Waals surface area contributed by atoms with Gasteiger partial charge >= 0.3 is 0 Å². The third kappa shape index (κ3) is 10.6. The van der Waals surface area contributed by atoms with Crippen LogP contribution in [-0.4, -0.2) is 19.6 Å². The molecule has 24 heavy (non-hydrogen) atoms. The summed E-state index contributed by atoms with van der Waals surface area (Å²) in [5.74, 6) is 2.65. The largest absolute Gasteiger partial charge is 0.162 e. The molecule has 0 heterocycles. The molecule has 2 heteroatoms. The Labute approximate surface area is 157 Å². The van der Waals surface area contributed by atoms with E-state index in [1.807, 2.05) is 0 Å². The summed E-state index contributed by atoms with van der Waals surface area (Å²) in [6.45, 7) is 9.53. The maximum absolute atomic E-state index is 2.42. The highest BCUT2D eigenvalue weighted by Crippen LogP contribution is 2.13. The van der Waals surface area contributed by atoms with Gasteiger partial charge in [0, 0.05) is 0 Å². The number of rotatable bonds is 14. The van der Waals surface area contributed by atoms with Crippen molar-refractivity contribution in [1.29, 1.82) is 0 Å². The van der Waals surface area contributed by atoms with Crippen LogP contribution >= 0.6 is 11.8 Å². The fourth-order valence-electron chi connectivity index (χ4n) is 3.09. The first-order chi connectivity index (χ1) is 11.5. The zero-order valence-corrected chi connectivity index (χ0v) is 18.5. The van der Waals surface area contributed by atoms with Crippen LogP contribution < -0.4 is 5.19 Å². The highest BCUT2D eigenvalue weighted by Gasteiger charge is 2.15. The van der Waals surface area contributed by atoms with Crippen molar-refractivity contribution in [3.8, 4) is 0 Å². The van der Waals surface area contributed by atoms with Crippen LogP contribution in [0, 0.1) is 0 Å². The summed E-state index contributed by atoms with van der Waals surface area (Å²) in [6.07, 6.45) is 14.1. The molecule has 0 bridgehead atoms. The average molecular weight is 365 g/mol. The summed E-state index contributed by atoms with van der Waals surface area (Å²) >= 11 is 2.09. The molecule has 0 unspecified atom stereocenters. The van der Waals surface area contributed by atoms with E-state index in [9.17, 15) is 0 Å². The number of hydrogen-bond acceptors (Lipinski definition) is 1. The van der Waals surface area contributed by atoms with E-state index < -0.39 is 8.07 Å². The van der Waals surface area contributed by atoms with Crippen molar-refractivity contribution in [3.05, 3.63) is 29.8 Å². The van der Waals surface area contributed by atoms with Crippen molar-refractivity contribution in [1.82, 2.24) is 0 Å². The lowest BCUT2D eigenvalue weighted by Gasteiger charge is -2.16. The van der Waals surface area contributed by atoms with Crippen LogP contribution in [0.15, 0.2) is 24.3 Å². The molecule has 0 aliphatic heterocycles. The number of benzene rings is 1. The molecule has 1 aromatic rings. The minimum absolute atomic E-state index is 1.13. The molecule has 1 aromatic carbocycles. The van der Waals surface area contributed by atoms with Gasteiger partial charge in [-0.3, -0.25) is 0 Å². The second kappa shape index (κ2) is 13.1. The minimum atomic E-state index is -1.13. The van der Waals surface area contributed by atoms with E-state index >= 15 is 0 Å². The third-order valence-corrected chi connectivity index (χ3v) is 7.83. The predicted molar refractivity (Wildman–Crippen MR) is 118 cm³/mol. The summed E-state index contributed by atoms with van der Waals surface area (Å²) < 4.78 is 0. The zero-order valence-electron chi connectivity index (χ0n) is 16.7. The van der Waals surface area contributed by atoms with E-state index in [0.717, 1.165) is 0 Å². The SMILES string of the molecule is CCSCCCCCCCCCCCc1ccc([Si](C)(C)C)cc1. The molecule has 0 atom stereocenters. The van der Waals surface area contributed by atoms with Crippen molar-refractivity contribution >= 4 is 25.0 Å². The van der Waals surface area contributed by atoms with Crippen LogP contribution in [-0.2, 0) is 6.42 Å². The molecule has 0 aliphatic carbocycles. The molecule has 0 saturated heterocycles. The molecular weight excluding hydrogens is 324 g/mol. The Kier molecular flexibility index (Phi) is 11.9. The van der Waals surface area contributed by atoms with Crippen molar-refractivity contribution in [3.63, 3.8) is 0 Å². The minimum Gasteiger partial charge on any atom is -0.162 e. The second-order valence-electron chi connectivity index (χ2n) is 8.08. The molecule has 0 fully saturated rings. The Morgan fingerprint density at radius 1 is 0.708 bits per heavy atom. The monoisotopic (exact) mass is 364 g/mol. The van der Waals surface area contributed by atoms with Gasteiger partial charge in [0.05, 0.1) is 8.07 Å². The third-order valence-electron chi connectivity index (χ3n) is 4.78. The maximum atomic E-state index is 2.42. The number of thioether (sulfide) groups is 1. The molecular formula is C22H40SSi. The summed E-state index contributed by atoms with van der Waals surface area (Å²) in [6, 6.07) is 9.48. The molecule has 0 N–H and O–H groups in total. The van der Waals surface area contributed by atoms with Crippen LogP contribution in [0.4, 0.5) is 0 Å². The van der Waals surface area contributed by atoms with Gasteiger partial charge in [0.1, 0.15) is 0 Å². The van der Waals surface area contributed by atoms with Gasteiger partial charge in [-0.05, 0) is 36.3 Å². The first kappa shape index (κ1) is 21.8. The number of hydrogen-bond donors (Lipinski definition) is 0. The maximum Gasteiger partial charge on any atom is 0.0775 e. The van der Waals surface area contributed by atoms with Gasteiger partial charge in [0.2, 0.25) is 0 Å². The Balaban J connectivity index is 1.95. The lowest BCUT2D eigenvalue weighted by molar-refractivity contribution is 0.565. The zero-order chi connectivity index (χ0) is 17.7. The van der Waals surface area contributed by atoms with Crippen molar-refractivity contribution < 1.29 is 0 Å². The molecule has 1 rings (SSSR count). The van der Waals surface area contributed by atoms with E-state index in [0.29, 0.717) is 0 Å². The molecule has 0 aliphatic rings. The average Bonchev–Trinajstić information content (AvgIpc) is 2.55. The van der Waals surface area contributed by atoms with E-state index in [4.69, 9.17) is 0 Å². The highest BCUT2D eigenvalue weighted by molar-refractivity contribution is 7.99. The van der Waals surface area contributed by atoms with E-state index in [1.54, 1.807) is 5.19 Å². The fourth-order valence-corrected chi connectivity index (χ4v) is 4.95. The Bertz CT molecular complexity index is 405. The van der Waals surface area contributed by atoms with Gasteiger partial charge in [0.25, 0.3) is 0 Å². The van der Waals surface area contributed by atoms with Crippen LogP contribution in [0.25, 0.3) is 0 Å². The van der Waals surface area contributed by atoms with E-state index in [2.05, 4.69) is 62.6 Å². The van der Waals surface area contributed by atoms with Gasteiger partial charge in [0.15, 0.2) is 0 Å². The summed E-state index contributed by atoms with van der Waals surface area (Å²) in [5, 5.41) is 1.58. The first-order valence-corrected chi connectivity index (χ1v) is 14.9. The number of aryl methyl sites for hydroxylation is 1. The molecule has 0 nitrogen and oxygen atoms in total. The topological polar surface area (TPSA) is 0 Å². The number of unbranched alkanes of at least 4 members (excludes halogenated alkanes) is 8. The van der Waals surface area contributed by atoms with Gasteiger partial charge in [-0.2, -0.15) is 11.8 Å². The molecule has 0 amide bonds. The lowest BCUT2D eigenvalue weighted by atomic mass is 10.0. The van der Waals surface area contributed by atoms with Gasteiger partial charge in [-0.1, -0.05) is 101 Å². The lowest BCUT2D eigenvalue weighted by Crippen LogP contribution is -2.37. The van der Waals surface area contributed by atoms with Gasteiger partial charge in [-0.25, -0.2) is 0 Å². The first-order valence-electron chi connectivity index (χ1n) is 10.2. The summed E-state index contributed by atoms with van der Waals surface area (Å²) in [7, 11) is -1.13. The van der Waals surface area contributed by atoms with E-state index in [1.165, 1.54) is 81.3 Å². The summed E-state index contributed by atoms with van der Waals surface area (Å²) in [4.78, 5) is 0. The Hall–Kier alpha value is -0.213. The normalized spacial score (nSPS) is 11.8. The molecule has 0 spiro atoms. The van der Waals surface area contributed by atoms with Gasteiger partial charge in [-0.15, -0.1) is 0 Å². The second-order valence-corrected chi connectivity index (χ2v) is 14.5. The van der Waals surface area contributed by atoms with Crippen LogP contribution in [0.1, 0.15) is 70.3 Å². The fraction of sp³-hybridized carbons (Fsp3) is 0.727. The summed E-state index contributed by atoms with van der Waals surface area (Å²) in [5.41, 5.74) is 1.53. The Morgan fingerprint density at radius 3 is 1.71 bits per heavy atom. The van der Waals surface area contributed by atoms with Crippen molar-refractivity contribution in [2.75, 3.05) is 11.5 Å². The molecule has 0 saturated carbocycles. The standard InChI is InChI=1S/C22H40SSi/c1-5-23-20-14-12-10-8-6-7-9-11-13-15-21-16-18-22(19-17-21)24(2,3)4/h16-19H,5-15,20H2,1-4H3. The van der Waals surface area contributed by atoms with E-state index in [-0.39, 0.29) is 0 Å². The predicted octanol–water partition coefficient (Wildman–Crippen LogP) is 7.04. The van der Waals surface area contributed by atoms with Crippen LogP contribution in [0.3, 0.4) is 0 Å².